The second kappa shape index (κ2) is 8.45. The molecule has 2 fully saturated rings. The lowest BCUT2D eigenvalue weighted by molar-refractivity contribution is -0.130. The molecular formula is C21H23N5O3. The maximum atomic E-state index is 13.2. The summed E-state index contributed by atoms with van der Waals surface area (Å²) in [7, 11) is 0. The summed E-state index contributed by atoms with van der Waals surface area (Å²) in [5.41, 5.74) is 0.501. The third-order valence-corrected chi connectivity index (χ3v) is 5.34. The first kappa shape index (κ1) is 19.2. The Balaban J connectivity index is 1.82. The minimum Gasteiger partial charge on any atom is -0.378 e. The molecule has 0 saturated carbocycles. The lowest BCUT2D eigenvalue weighted by atomic mass is 10.1. The van der Waals surface area contributed by atoms with Gasteiger partial charge in [0.05, 0.1) is 18.8 Å². The second-order valence-electron chi connectivity index (χ2n) is 7.21. The Labute approximate surface area is 168 Å². The van der Waals surface area contributed by atoms with E-state index in [1.165, 1.54) is 10.5 Å². The number of pyridine rings is 1. The third kappa shape index (κ3) is 3.87. The number of nitrogens with zero attached hydrogens (tertiary/aromatic N) is 5. The van der Waals surface area contributed by atoms with Gasteiger partial charge in [-0.25, -0.2) is 4.98 Å². The van der Waals surface area contributed by atoms with Crippen molar-refractivity contribution in [2.75, 3.05) is 44.3 Å². The lowest BCUT2D eigenvalue weighted by Gasteiger charge is -2.29. The van der Waals surface area contributed by atoms with Crippen LogP contribution in [0, 0.1) is 11.3 Å². The Bertz CT molecular complexity index is 1040. The van der Waals surface area contributed by atoms with E-state index >= 15 is 0 Å². The monoisotopic (exact) mass is 393 g/mol. The normalized spacial score (nSPS) is 18.0. The van der Waals surface area contributed by atoms with Crippen LogP contribution in [0.5, 0.6) is 0 Å². The van der Waals surface area contributed by atoms with Gasteiger partial charge in [-0.2, -0.15) is 5.26 Å². The summed E-state index contributed by atoms with van der Waals surface area (Å²) in [4.78, 5) is 34.5. The van der Waals surface area contributed by atoms with Crippen LogP contribution in [0.3, 0.4) is 0 Å². The number of anilines is 1. The summed E-state index contributed by atoms with van der Waals surface area (Å²) in [5.74, 6) is 0.168. The topological polar surface area (TPSA) is 90.9 Å². The number of rotatable bonds is 3. The van der Waals surface area contributed by atoms with Crippen LogP contribution >= 0.6 is 0 Å². The summed E-state index contributed by atoms with van der Waals surface area (Å²) in [6.07, 6.45) is 6.26. The summed E-state index contributed by atoms with van der Waals surface area (Å²) >= 11 is 0. The Morgan fingerprint density at radius 2 is 1.90 bits per heavy atom. The van der Waals surface area contributed by atoms with Crippen molar-refractivity contribution in [1.82, 2.24) is 14.3 Å². The van der Waals surface area contributed by atoms with E-state index in [-0.39, 0.29) is 22.6 Å². The fourth-order valence-corrected chi connectivity index (χ4v) is 3.79. The Morgan fingerprint density at radius 3 is 2.62 bits per heavy atom. The van der Waals surface area contributed by atoms with Crippen molar-refractivity contribution in [3.63, 3.8) is 0 Å². The lowest BCUT2D eigenvalue weighted by Crippen LogP contribution is -2.41. The molecule has 29 heavy (non-hydrogen) atoms. The van der Waals surface area contributed by atoms with Gasteiger partial charge < -0.3 is 14.5 Å². The summed E-state index contributed by atoms with van der Waals surface area (Å²) in [6, 6.07) is 7.36. The summed E-state index contributed by atoms with van der Waals surface area (Å²) in [6.45, 7) is 3.37. The zero-order valence-corrected chi connectivity index (χ0v) is 16.2. The predicted molar refractivity (Wildman–Crippen MR) is 109 cm³/mol. The molecule has 0 spiro atoms. The first-order valence-corrected chi connectivity index (χ1v) is 9.94. The maximum absolute atomic E-state index is 13.2. The van der Waals surface area contributed by atoms with Crippen molar-refractivity contribution in [3.05, 3.63) is 45.9 Å². The number of hydrogen-bond donors (Lipinski definition) is 0. The van der Waals surface area contributed by atoms with Crippen molar-refractivity contribution in [2.45, 2.75) is 19.3 Å². The van der Waals surface area contributed by atoms with Gasteiger partial charge in [0.2, 0.25) is 0 Å². The molecule has 0 aliphatic carbocycles. The van der Waals surface area contributed by atoms with Crippen molar-refractivity contribution >= 4 is 23.4 Å². The fraction of sp³-hybridized carbons (Fsp3) is 0.429. The van der Waals surface area contributed by atoms with Gasteiger partial charge in [0.15, 0.2) is 0 Å². The number of fused-ring (bicyclic) bond motifs is 1. The highest BCUT2D eigenvalue weighted by atomic mass is 16.5. The van der Waals surface area contributed by atoms with Crippen LogP contribution in [0.2, 0.25) is 0 Å². The molecule has 0 aromatic carbocycles. The molecular weight excluding hydrogens is 370 g/mol. The van der Waals surface area contributed by atoms with Gasteiger partial charge >= 0.3 is 0 Å². The van der Waals surface area contributed by atoms with E-state index in [1.807, 2.05) is 12.1 Å². The highest BCUT2D eigenvalue weighted by Gasteiger charge is 2.24. The molecule has 2 aromatic heterocycles. The van der Waals surface area contributed by atoms with E-state index in [2.05, 4.69) is 4.90 Å². The van der Waals surface area contributed by atoms with Gasteiger partial charge in [0.1, 0.15) is 23.1 Å². The van der Waals surface area contributed by atoms with Gasteiger partial charge in [-0.15, -0.1) is 0 Å². The number of nitriles is 1. The maximum Gasteiger partial charge on any atom is 0.267 e. The van der Waals surface area contributed by atoms with Gasteiger partial charge in [-0.05, 0) is 37.5 Å². The van der Waals surface area contributed by atoms with Crippen molar-refractivity contribution in [2.24, 2.45) is 0 Å². The fourth-order valence-electron chi connectivity index (χ4n) is 3.79. The van der Waals surface area contributed by atoms with Crippen LogP contribution in [0.1, 0.15) is 24.8 Å². The molecule has 1 amide bonds. The molecule has 150 valence electrons. The highest BCUT2D eigenvalue weighted by molar-refractivity contribution is 6.02. The number of amides is 1. The molecule has 8 heteroatoms. The number of ether oxygens (including phenoxy) is 1. The average molecular weight is 393 g/mol. The van der Waals surface area contributed by atoms with Gasteiger partial charge in [-0.1, -0.05) is 6.07 Å². The number of aromatic nitrogens is 2. The van der Waals surface area contributed by atoms with Crippen LogP contribution < -0.4 is 10.5 Å². The van der Waals surface area contributed by atoms with Crippen LogP contribution in [0.25, 0.3) is 11.7 Å². The number of hydrogen-bond acceptors (Lipinski definition) is 6. The molecule has 4 rings (SSSR count). The first-order valence-electron chi connectivity index (χ1n) is 9.94. The molecule has 4 heterocycles. The van der Waals surface area contributed by atoms with Crippen molar-refractivity contribution in [3.8, 4) is 6.07 Å². The Kier molecular flexibility index (Phi) is 5.58. The second-order valence-corrected chi connectivity index (χ2v) is 7.21. The van der Waals surface area contributed by atoms with Crippen molar-refractivity contribution < 1.29 is 9.53 Å². The Morgan fingerprint density at radius 1 is 1.14 bits per heavy atom. The van der Waals surface area contributed by atoms with Crippen LogP contribution in [0.4, 0.5) is 5.82 Å². The summed E-state index contributed by atoms with van der Waals surface area (Å²) in [5, 5.41) is 9.65. The zero-order chi connectivity index (χ0) is 20.2. The molecule has 0 unspecified atom stereocenters. The van der Waals surface area contributed by atoms with Crippen molar-refractivity contribution in [1.29, 1.82) is 5.26 Å². The minimum atomic E-state index is -0.377. The van der Waals surface area contributed by atoms with Gasteiger partial charge in [0.25, 0.3) is 11.5 Å². The molecule has 2 aliphatic rings. The largest absolute Gasteiger partial charge is 0.378 e. The number of carbonyl (C=O) groups excluding carboxylic acids is 1. The summed E-state index contributed by atoms with van der Waals surface area (Å²) < 4.78 is 6.73. The molecule has 0 atom stereocenters. The first-order chi connectivity index (χ1) is 14.2. The molecule has 2 aliphatic heterocycles. The molecule has 0 bridgehead atoms. The molecule has 0 radical (unpaired) electrons. The van der Waals surface area contributed by atoms with Crippen LogP contribution in [-0.2, 0) is 9.53 Å². The van der Waals surface area contributed by atoms with Crippen LogP contribution in [-0.4, -0.2) is 59.6 Å². The average Bonchev–Trinajstić information content (AvgIpc) is 2.79. The molecule has 8 nitrogen and oxygen atoms in total. The molecule has 0 N–H and O–H groups in total. The Hall–Kier alpha value is -3.18. The smallest absolute Gasteiger partial charge is 0.267 e. The number of piperidine rings is 1. The van der Waals surface area contributed by atoms with E-state index in [0.717, 1.165) is 32.4 Å². The van der Waals surface area contributed by atoms with Gasteiger partial charge in [0, 0.05) is 32.4 Å². The molecule has 2 saturated heterocycles. The SMILES string of the molecule is N#CC(=Cc1c(N2CCCCC2)nc2ccccn2c1=O)C(=O)N1CCOCC1. The minimum absolute atomic E-state index is 0.0556. The van der Waals surface area contributed by atoms with E-state index < -0.39 is 0 Å². The standard InChI is InChI=1S/C21H23N5O3/c22-15-16(20(27)25-10-12-29-13-11-25)14-17-19(24-7-3-1-4-8-24)23-18-6-2-5-9-26(18)21(17)28/h2,5-6,9,14H,1,3-4,7-8,10-13H2. The third-order valence-electron chi connectivity index (χ3n) is 5.34. The highest BCUT2D eigenvalue weighted by Crippen LogP contribution is 2.23. The quantitative estimate of drug-likeness (QED) is 0.579. The van der Waals surface area contributed by atoms with E-state index in [4.69, 9.17) is 9.72 Å². The number of carbonyl (C=O) groups is 1. The van der Waals surface area contributed by atoms with E-state index in [1.54, 1.807) is 23.2 Å². The van der Waals surface area contributed by atoms with E-state index in [0.29, 0.717) is 37.8 Å². The zero-order valence-electron chi connectivity index (χ0n) is 16.2. The van der Waals surface area contributed by atoms with E-state index in [9.17, 15) is 14.9 Å². The van der Waals surface area contributed by atoms with Gasteiger partial charge in [-0.3, -0.25) is 14.0 Å². The number of morpholine rings is 1. The van der Waals surface area contributed by atoms with Crippen LogP contribution in [0.15, 0.2) is 34.8 Å². The molecule has 2 aromatic rings. The predicted octanol–water partition coefficient (Wildman–Crippen LogP) is 1.45.